The number of aliphatic hydroxyl groups is 2. The smallest absolute Gasteiger partial charge is 0.333 e. The molecule has 2 aromatic carbocycles. The summed E-state index contributed by atoms with van der Waals surface area (Å²) in [7, 11) is 0. The van der Waals surface area contributed by atoms with E-state index in [-0.39, 0.29) is 37.6 Å². The third-order valence-corrected chi connectivity index (χ3v) is 8.15. The van der Waals surface area contributed by atoms with Gasteiger partial charge in [0.25, 0.3) is 0 Å². The summed E-state index contributed by atoms with van der Waals surface area (Å²) in [6.07, 6.45) is -2.03. The molecule has 0 bridgehead atoms. The highest BCUT2D eigenvalue weighted by atomic mass is 79.9. The summed E-state index contributed by atoms with van der Waals surface area (Å²) in [5.41, 5.74) is 1.95. The predicted molar refractivity (Wildman–Crippen MR) is 170 cm³/mol. The van der Waals surface area contributed by atoms with Crippen molar-refractivity contribution in [3.8, 4) is 11.5 Å². The van der Waals surface area contributed by atoms with Crippen molar-refractivity contribution in [2.45, 2.75) is 45.3 Å². The van der Waals surface area contributed by atoms with E-state index in [0.29, 0.717) is 29.4 Å². The predicted octanol–water partition coefficient (Wildman–Crippen LogP) is 6.78. The number of hydrogen-bond donors (Lipinski definition) is 2. The van der Waals surface area contributed by atoms with Gasteiger partial charge in [0.1, 0.15) is 50.1 Å². The van der Waals surface area contributed by atoms with Crippen molar-refractivity contribution in [2.24, 2.45) is 0 Å². The topological polar surface area (TPSA) is 112 Å². The minimum Gasteiger partial charge on any atom is -0.488 e. The van der Waals surface area contributed by atoms with Crippen molar-refractivity contribution in [3.05, 3.63) is 77.6 Å². The number of benzene rings is 2. The fraction of sp³-hybridized carbons (Fsp3) is 0.379. The normalized spacial score (nSPS) is 12.7. The minimum atomic E-state index is -1.02. The molecule has 41 heavy (non-hydrogen) atoms. The number of ether oxygens (including phenoxy) is 4. The van der Waals surface area contributed by atoms with Crippen LogP contribution in [-0.2, 0) is 24.5 Å². The van der Waals surface area contributed by atoms with Crippen molar-refractivity contribution in [2.75, 3.05) is 26.4 Å². The van der Waals surface area contributed by atoms with Gasteiger partial charge in [-0.1, -0.05) is 27.0 Å². The zero-order valence-electron chi connectivity index (χ0n) is 23.1. The SMILES string of the molecule is C=C(C)C(=O)OCC(O)COc1c(Br)cc(C(C)(C)c2cc(Br)c(OCC(O)COC(=O)C(=C)C)c(Br)c2)cc1Br. The summed E-state index contributed by atoms with van der Waals surface area (Å²) in [6.45, 7) is 13.6. The van der Waals surface area contributed by atoms with Gasteiger partial charge in [-0.15, -0.1) is 0 Å². The van der Waals surface area contributed by atoms with Gasteiger partial charge in [0.2, 0.25) is 0 Å². The average Bonchev–Trinajstić information content (AvgIpc) is 2.88. The van der Waals surface area contributed by atoms with E-state index in [1.165, 1.54) is 13.8 Å². The molecule has 0 aliphatic carbocycles. The third kappa shape index (κ3) is 10.2. The van der Waals surface area contributed by atoms with E-state index in [0.717, 1.165) is 11.1 Å². The van der Waals surface area contributed by atoms with Gasteiger partial charge in [-0.3, -0.25) is 0 Å². The van der Waals surface area contributed by atoms with Crippen LogP contribution in [0, 0.1) is 0 Å². The van der Waals surface area contributed by atoms with Gasteiger partial charge in [0.15, 0.2) is 0 Å². The molecule has 12 heteroatoms. The number of halogens is 4. The fourth-order valence-corrected chi connectivity index (χ4v) is 6.16. The summed E-state index contributed by atoms with van der Waals surface area (Å²) in [6, 6.07) is 7.73. The molecule has 0 aliphatic heterocycles. The Balaban J connectivity index is 2.14. The lowest BCUT2D eigenvalue weighted by atomic mass is 9.78. The van der Waals surface area contributed by atoms with E-state index in [4.69, 9.17) is 18.9 Å². The highest BCUT2D eigenvalue weighted by Gasteiger charge is 2.28. The molecule has 0 saturated heterocycles. The standard InChI is InChI=1S/C29H32Br4O8/c1-15(2)27(36)40-13-19(34)11-38-25-21(30)7-17(8-22(25)31)29(5,6)18-9-23(32)26(24(33)10-18)39-12-20(35)14-41-28(37)16(3)4/h7-10,19-20,34-35H,1,3,11-14H2,2,4-6H3. The summed E-state index contributed by atoms with van der Waals surface area (Å²) < 4.78 is 24.2. The number of carbonyl (C=O) groups excluding carboxylic acids is 2. The van der Waals surface area contributed by atoms with Crippen molar-refractivity contribution >= 4 is 75.7 Å². The molecule has 0 aliphatic rings. The Kier molecular flexibility index (Phi) is 13.6. The van der Waals surface area contributed by atoms with Crippen LogP contribution in [-0.4, -0.2) is 60.8 Å². The quantitative estimate of drug-likeness (QED) is 0.159. The van der Waals surface area contributed by atoms with Crippen LogP contribution >= 0.6 is 63.7 Å². The molecule has 2 N–H and O–H groups in total. The Morgan fingerprint density at radius 3 is 1.27 bits per heavy atom. The molecular formula is C29H32Br4O8. The number of aliphatic hydroxyl groups excluding tert-OH is 2. The van der Waals surface area contributed by atoms with Crippen LogP contribution in [0.15, 0.2) is 66.5 Å². The van der Waals surface area contributed by atoms with Crippen LogP contribution in [0.1, 0.15) is 38.8 Å². The molecule has 0 fully saturated rings. The van der Waals surface area contributed by atoms with E-state index in [1.54, 1.807) is 0 Å². The van der Waals surface area contributed by atoms with E-state index in [9.17, 15) is 19.8 Å². The maximum absolute atomic E-state index is 11.5. The fourth-order valence-electron chi connectivity index (χ4n) is 3.33. The highest BCUT2D eigenvalue weighted by molar-refractivity contribution is 9.11. The van der Waals surface area contributed by atoms with Crippen LogP contribution in [0.4, 0.5) is 0 Å². The first-order chi connectivity index (χ1) is 19.0. The van der Waals surface area contributed by atoms with E-state index in [1.807, 2.05) is 24.3 Å². The zero-order valence-corrected chi connectivity index (χ0v) is 29.4. The number of esters is 2. The molecule has 2 rings (SSSR count). The van der Waals surface area contributed by atoms with Crippen molar-refractivity contribution in [1.82, 2.24) is 0 Å². The Labute approximate surface area is 273 Å². The Bertz CT molecular complexity index is 1160. The highest BCUT2D eigenvalue weighted by Crippen LogP contribution is 2.44. The first-order valence-electron chi connectivity index (χ1n) is 12.3. The largest absolute Gasteiger partial charge is 0.488 e. The van der Waals surface area contributed by atoms with E-state index in [2.05, 4.69) is 90.7 Å². The maximum atomic E-state index is 11.5. The Hall–Kier alpha value is -1.70. The molecule has 0 amide bonds. The summed E-state index contributed by atoms with van der Waals surface area (Å²) in [4.78, 5) is 23.1. The molecule has 224 valence electrons. The van der Waals surface area contributed by atoms with Crippen molar-refractivity contribution < 1.29 is 38.7 Å². The second-order valence-corrected chi connectivity index (χ2v) is 13.3. The monoisotopic (exact) mass is 824 g/mol. The van der Waals surface area contributed by atoms with Crippen LogP contribution < -0.4 is 9.47 Å². The molecule has 8 nitrogen and oxygen atoms in total. The van der Waals surface area contributed by atoms with Gasteiger partial charge in [-0.25, -0.2) is 9.59 Å². The number of hydrogen-bond acceptors (Lipinski definition) is 8. The summed E-state index contributed by atoms with van der Waals surface area (Å²) in [5, 5.41) is 20.3. The Morgan fingerprint density at radius 2 is 1.00 bits per heavy atom. The molecule has 2 unspecified atom stereocenters. The Morgan fingerprint density at radius 1 is 0.707 bits per heavy atom. The van der Waals surface area contributed by atoms with Crippen molar-refractivity contribution in [3.63, 3.8) is 0 Å². The first-order valence-corrected chi connectivity index (χ1v) is 15.5. The number of carbonyl (C=O) groups is 2. The molecule has 0 heterocycles. The molecular weight excluding hydrogens is 796 g/mol. The summed E-state index contributed by atoms with van der Waals surface area (Å²) >= 11 is 14.3. The van der Waals surface area contributed by atoms with E-state index < -0.39 is 29.6 Å². The first kappa shape index (κ1) is 35.5. The molecule has 2 aromatic rings. The lowest BCUT2D eigenvalue weighted by Crippen LogP contribution is -2.26. The number of rotatable bonds is 14. The zero-order chi connectivity index (χ0) is 31.1. The molecule has 0 spiro atoms. The summed E-state index contributed by atoms with van der Waals surface area (Å²) in [5.74, 6) is -0.160. The van der Waals surface area contributed by atoms with Crippen LogP contribution in [0.2, 0.25) is 0 Å². The third-order valence-electron chi connectivity index (χ3n) is 5.79. The van der Waals surface area contributed by atoms with Gasteiger partial charge in [0.05, 0.1) is 17.9 Å². The van der Waals surface area contributed by atoms with E-state index >= 15 is 0 Å². The molecule has 2 atom stereocenters. The minimum absolute atomic E-state index is 0.0875. The van der Waals surface area contributed by atoms with Gasteiger partial charge in [0, 0.05) is 16.6 Å². The van der Waals surface area contributed by atoms with Gasteiger partial charge in [-0.2, -0.15) is 0 Å². The lowest BCUT2D eigenvalue weighted by molar-refractivity contribution is -0.143. The van der Waals surface area contributed by atoms with Crippen LogP contribution in [0.3, 0.4) is 0 Å². The molecule has 0 aromatic heterocycles. The lowest BCUT2D eigenvalue weighted by Gasteiger charge is -2.28. The van der Waals surface area contributed by atoms with Gasteiger partial charge < -0.3 is 29.2 Å². The molecule has 0 radical (unpaired) electrons. The average molecular weight is 828 g/mol. The second kappa shape index (κ2) is 15.7. The second-order valence-electron chi connectivity index (χ2n) is 9.85. The molecule has 0 saturated carbocycles. The van der Waals surface area contributed by atoms with Crippen LogP contribution in [0.5, 0.6) is 11.5 Å². The van der Waals surface area contributed by atoms with Crippen LogP contribution in [0.25, 0.3) is 0 Å². The maximum Gasteiger partial charge on any atom is 0.333 e. The van der Waals surface area contributed by atoms with Gasteiger partial charge >= 0.3 is 11.9 Å². The van der Waals surface area contributed by atoms with Gasteiger partial charge in [-0.05, 0) is 113 Å². The van der Waals surface area contributed by atoms with Crippen molar-refractivity contribution in [1.29, 1.82) is 0 Å².